The van der Waals surface area contributed by atoms with Gasteiger partial charge in [0.1, 0.15) is 12.3 Å². The number of ketones is 1. The van der Waals surface area contributed by atoms with Crippen LogP contribution in [0.25, 0.3) is 0 Å². The number of likely N-dealkylation sites (tertiary alicyclic amines) is 1. The van der Waals surface area contributed by atoms with Crippen molar-refractivity contribution in [1.82, 2.24) is 14.7 Å². The second kappa shape index (κ2) is 7.32. The van der Waals surface area contributed by atoms with E-state index >= 15 is 0 Å². The van der Waals surface area contributed by atoms with E-state index in [1.54, 1.807) is 4.90 Å². The molecule has 0 radical (unpaired) electrons. The minimum Gasteiger partial charge on any atom is -0.445 e. The average molecular weight is 396 g/mol. The molecule has 6 heteroatoms. The molecule has 154 valence electrons. The largest absolute Gasteiger partial charge is 0.445 e. The summed E-state index contributed by atoms with van der Waals surface area (Å²) in [6, 6.07) is 9.70. The van der Waals surface area contributed by atoms with Crippen molar-refractivity contribution in [3.63, 3.8) is 0 Å². The van der Waals surface area contributed by atoms with Crippen molar-refractivity contribution in [1.29, 1.82) is 0 Å². The van der Waals surface area contributed by atoms with Crippen LogP contribution in [0.15, 0.2) is 36.5 Å². The Bertz CT molecular complexity index is 903. The standard InChI is InChI=1S/C23H29N3O3/c1-22(2,3)26-15-18-13-23(14-19(27)20(18)24-26)9-11-25(12-10-23)21(28)29-16-17-7-5-4-6-8-17/h4-8,15H,9-14,16H2,1-3H3. The van der Waals surface area contributed by atoms with Gasteiger partial charge in [-0.2, -0.15) is 5.10 Å². The van der Waals surface area contributed by atoms with Gasteiger partial charge in [0, 0.05) is 31.3 Å². The van der Waals surface area contributed by atoms with Crippen molar-refractivity contribution >= 4 is 11.9 Å². The third-order valence-electron chi connectivity index (χ3n) is 6.13. The molecule has 0 N–H and O–H groups in total. The first-order valence-electron chi connectivity index (χ1n) is 10.3. The lowest BCUT2D eigenvalue weighted by Crippen LogP contribution is -2.46. The molecule has 4 rings (SSSR count). The van der Waals surface area contributed by atoms with E-state index in [-0.39, 0.29) is 29.4 Å². The van der Waals surface area contributed by atoms with Crippen LogP contribution in [0.4, 0.5) is 4.79 Å². The minimum atomic E-state index is -0.271. The summed E-state index contributed by atoms with van der Waals surface area (Å²) in [5.41, 5.74) is 2.46. The quantitative estimate of drug-likeness (QED) is 0.765. The number of carbonyl (C=O) groups excluding carboxylic acids is 2. The summed E-state index contributed by atoms with van der Waals surface area (Å²) in [7, 11) is 0. The average Bonchev–Trinajstić information content (AvgIpc) is 3.12. The van der Waals surface area contributed by atoms with Crippen LogP contribution < -0.4 is 0 Å². The summed E-state index contributed by atoms with van der Waals surface area (Å²) in [5.74, 6) is 0.134. The molecule has 2 heterocycles. The van der Waals surface area contributed by atoms with Crippen molar-refractivity contribution in [2.45, 2.75) is 58.6 Å². The number of hydrogen-bond acceptors (Lipinski definition) is 4. The second-order valence-corrected chi connectivity index (χ2v) is 9.42. The lowest BCUT2D eigenvalue weighted by molar-refractivity contribution is 0.0520. The van der Waals surface area contributed by atoms with E-state index in [4.69, 9.17) is 4.74 Å². The predicted molar refractivity (Wildman–Crippen MR) is 110 cm³/mol. The van der Waals surface area contributed by atoms with Gasteiger partial charge in [-0.05, 0) is 51.0 Å². The van der Waals surface area contributed by atoms with Gasteiger partial charge in [-0.1, -0.05) is 30.3 Å². The number of ether oxygens (including phenoxy) is 1. The Labute approximate surface area is 171 Å². The van der Waals surface area contributed by atoms with E-state index < -0.39 is 0 Å². The van der Waals surface area contributed by atoms with Crippen LogP contribution in [-0.4, -0.2) is 39.6 Å². The lowest BCUT2D eigenvalue weighted by atomic mass is 9.67. The first-order chi connectivity index (χ1) is 13.8. The Morgan fingerprint density at radius 2 is 1.83 bits per heavy atom. The van der Waals surface area contributed by atoms with Crippen LogP contribution in [0, 0.1) is 5.41 Å². The first kappa shape index (κ1) is 19.7. The molecule has 2 aliphatic rings. The van der Waals surface area contributed by atoms with E-state index in [1.807, 2.05) is 41.2 Å². The van der Waals surface area contributed by atoms with Gasteiger partial charge < -0.3 is 9.64 Å². The maximum atomic E-state index is 12.8. The Morgan fingerprint density at radius 1 is 1.14 bits per heavy atom. The second-order valence-electron chi connectivity index (χ2n) is 9.42. The molecule has 2 aromatic rings. The fourth-order valence-corrected chi connectivity index (χ4v) is 4.34. The molecule has 1 aromatic carbocycles. The lowest BCUT2D eigenvalue weighted by Gasteiger charge is -2.42. The number of rotatable bonds is 2. The van der Waals surface area contributed by atoms with Gasteiger partial charge in [0.05, 0.1) is 5.54 Å². The monoisotopic (exact) mass is 395 g/mol. The zero-order valence-electron chi connectivity index (χ0n) is 17.5. The van der Waals surface area contributed by atoms with E-state index in [0.29, 0.717) is 25.2 Å². The van der Waals surface area contributed by atoms with Crippen molar-refractivity contribution in [2.75, 3.05) is 13.1 Å². The summed E-state index contributed by atoms with van der Waals surface area (Å²) in [6.45, 7) is 7.81. The molecule has 1 aliphatic heterocycles. The molecule has 1 spiro atoms. The molecule has 1 aromatic heterocycles. The van der Waals surface area contributed by atoms with E-state index in [0.717, 1.165) is 30.4 Å². The number of amides is 1. The Hall–Kier alpha value is -2.63. The number of benzene rings is 1. The third kappa shape index (κ3) is 4.07. The summed E-state index contributed by atoms with van der Waals surface area (Å²) in [6.07, 6.45) is 4.78. The molecule has 0 atom stereocenters. The Morgan fingerprint density at radius 3 is 2.48 bits per heavy atom. The molecule has 0 unspecified atom stereocenters. The number of Topliss-reactive ketones (excluding diaryl/α,β-unsaturated/α-hetero) is 1. The van der Waals surface area contributed by atoms with Crippen LogP contribution in [0.2, 0.25) is 0 Å². The summed E-state index contributed by atoms with van der Waals surface area (Å²) in [4.78, 5) is 27.0. The third-order valence-corrected chi connectivity index (χ3v) is 6.13. The number of hydrogen-bond donors (Lipinski definition) is 0. The van der Waals surface area contributed by atoms with Crippen LogP contribution in [0.3, 0.4) is 0 Å². The van der Waals surface area contributed by atoms with Gasteiger partial charge in [0.25, 0.3) is 0 Å². The Kier molecular flexibility index (Phi) is 4.97. The fourth-order valence-electron chi connectivity index (χ4n) is 4.34. The highest BCUT2D eigenvalue weighted by Gasteiger charge is 2.43. The van der Waals surface area contributed by atoms with Crippen LogP contribution in [0.1, 0.15) is 61.6 Å². The summed E-state index contributed by atoms with van der Waals surface area (Å²) >= 11 is 0. The maximum Gasteiger partial charge on any atom is 0.410 e. The van der Waals surface area contributed by atoms with E-state index in [2.05, 4.69) is 25.9 Å². The molecule has 1 fully saturated rings. The highest BCUT2D eigenvalue weighted by Crippen LogP contribution is 2.43. The molecule has 29 heavy (non-hydrogen) atoms. The zero-order valence-corrected chi connectivity index (χ0v) is 17.5. The number of piperidine rings is 1. The van der Waals surface area contributed by atoms with Crippen molar-refractivity contribution in [3.8, 4) is 0 Å². The SMILES string of the molecule is CC(C)(C)n1cc2c(n1)C(=O)CC1(CCN(C(=O)OCc3ccccc3)CC1)C2. The van der Waals surface area contributed by atoms with Gasteiger partial charge in [-0.3, -0.25) is 9.48 Å². The van der Waals surface area contributed by atoms with Crippen LogP contribution in [0.5, 0.6) is 0 Å². The van der Waals surface area contributed by atoms with Crippen molar-refractivity contribution in [3.05, 3.63) is 53.3 Å². The highest BCUT2D eigenvalue weighted by molar-refractivity contribution is 5.97. The topological polar surface area (TPSA) is 64.4 Å². The molecule has 6 nitrogen and oxygen atoms in total. The number of aromatic nitrogens is 2. The molecule has 0 bridgehead atoms. The van der Waals surface area contributed by atoms with Crippen LogP contribution in [-0.2, 0) is 23.3 Å². The van der Waals surface area contributed by atoms with Gasteiger partial charge >= 0.3 is 6.09 Å². The molecule has 1 amide bonds. The van der Waals surface area contributed by atoms with Gasteiger partial charge in [0.2, 0.25) is 0 Å². The summed E-state index contributed by atoms with van der Waals surface area (Å²) in [5, 5.41) is 4.56. The first-order valence-corrected chi connectivity index (χ1v) is 10.3. The summed E-state index contributed by atoms with van der Waals surface area (Å²) < 4.78 is 7.38. The number of nitrogens with zero attached hydrogens (tertiary/aromatic N) is 3. The molecular weight excluding hydrogens is 366 g/mol. The number of carbonyl (C=O) groups is 2. The number of fused-ring (bicyclic) bond motifs is 1. The van der Waals surface area contributed by atoms with Crippen molar-refractivity contribution < 1.29 is 14.3 Å². The predicted octanol–water partition coefficient (Wildman–Crippen LogP) is 4.19. The van der Waals surface area contributed by atoms with E-state index in [9.17, 15) is 9.59 Å². The molecule has 0 saturated carbocycles. The van der Waals surface area contributed by atoms with Gasteiger partial charge in [0.15, 0.2) is 5.78 Å². The zero-order chi connectivity index (χ0) is 20.6. The molecular formula is C23H29N3O3. The van der Waals surface area contributed by atoms with Gasteiger partial charge in [-0.25, -0.2) is 4.79 Å². The fraction of sp³-hybridized carbons (Fsp3) is 0.522. The highest BCUT2D eigenvalue weighted by atomic mass is 16.6. The normalized spacial score (nSPS) is 18.6. The van der Waals surface area contributed by atoms with Gasteiger partial charge in [-0.15, -0.1) is 0 Å². The smallest absolute Gasteiger partial charge is 0.410 e. The van der Waals surface area contributed by atoms with Crippen LogP contribution >= 0.6 is 0 Å². The maximum absolute atomic E-state index is 12.8. The van der Waals surface area contributed by atoms with E-state index in [1.165, 1.54) is 0 Å². The van der Waals surface area contributed by atoms with Crippen molar-refractivity contribution in [2.24, 2.45) is 5.41 Å². The molecule has 1 saturated heterocycles. The Balaban J connectivity index is 1.38. The molecule has 1 aliphatic carbocycles. The minimum absolute atomic E-state index is 0.0635.